The molecule has 0 amide bonds. The average molecular weight is 307 g/mol. The summed E-state index contributed by atoms with van der Waals surface area (Å²) in [7, 11) is 0. The molecule has 1 atom stereocenters. The summed E-state index contributed by atoms with van der Waals surface area (Å²) in [5.41, 5.74) is 0. The Morgan fingerprint density at radius 2 is 1.27 bits per heavy atom. The van der Waals surface area contributed by atoms with Crippen LogP contribution < -0.4 is 0 Å². The number of rotatable bonds is 15. The number of nitrogens with zero attached hydrogens (tertiary/aromatic N) is 1. The first-order valence-corrected chi connectivity index (χ1v) is 9.87. The molecule has 0 fully saturated rings. The number of H-pyrrole nitrogens is 1. The molecule has 0 saturated carbocycles. The topological polar surface area (TPSA) is 28.7 Å². The maximum absolute atomic E-state index is 4.52. The largest absolute Gasteiger partial charge is 0.348 e. The van der Waals surface area contributed by atoms with E-state index in [4.69, 9.17) is 0 Å². The van der Waals surface area contributed by atoms with E-state index in [0.717, 1.165) is 0 Å². The molecule has 0 aliphatic heterocycles. The third kappa shape index (κ3) is 9.27. The second-order valence-corrected chi connectivity index (χ2v) is 6.78. The molecule has 1 aromatic heterocycles. The molecule has 0 radical (unpaired) electrons. The Hall–Kier alpha value is -0.790. The minimum absolute atomic E-state index is 0.660. The van der Waals surface area contributed by atoms with Crippen molar-refractivity contribution in [1.29, 1.82) is 0 Å². The summed E-state index contributed by atoms with van der Waals surface area (Å²) in [6, 6.07) is 0. The lowest BCUT2D eigenvalue weighted by atomic mass is 9.93. The highest BCUT2D eigenvalue weighted by Gasteiger charge is 2.13. The van der Waals surface area contributed by atoms with Crippen LogP contribution >= 0.6 is 0 Å². The number of hydrogen-bond acceptors (Lipinski definition) is 1. The van der Waals surface area contributed by atoms with Gasteiger partial charge in [-0.05, 0) is 12.8 Å². The van der Waals surface area contributed by atoms with Crippen LogP contribution in [0, 0.1) is 0 Å². The van der Waals surface area contributed by atoms with Crippen molar-refractivity contribution in [3.8, 4) is 0 Å². The van der Waals surface area contributed by atoms with Crippen LogP contribution in [0.4, 0.5) is 0 Å². The lowest BCUT2D eigenvalue weighted by Gasteiger charge is -2.14. The van der Waals surface area contributed by atoms with Crippen LogP contribution in [0.3, 0.4) is 0 Å². The highest BCUT2D eigenvalue weighted by molar-refractivity contribution is 4.96. The van der Waals surface area contributed by atoms with E-state index < -0.39 is 0 Å². The van der Waals surface area contributed by atoms with Gasteiger partial charge >= 0.3 is 0 Å². The molecule has 1 heterocycles. The third-order valence-corrected chi connectivity index (χ3v) is 4.72. The zero-order valence-electron chi connectivity index (χ0n) is 15.1. The molecule has 128 valence electrons. The van der Waals surface area contributed by atoms with Crippen molar-refractivity contribution in [1.82, 2.24) is 9.97 Å². The van der Waals surface area contributed by atoms with Gasteiger partial charge in [0.15, 0.2) is 0 Å². The van der Waals surface area contributed by atoms with Gasteiger partial charge in [-0.1, -0.05) is 90.9 Å². The highest BCUT2D eigenvalue weighted by Crippen LogP contribution is 2.26. The number of hydrogen-bond donors (Lipinski definition) is 1. The van der Waals surface area contributed by atoms with Crippen LogP contribution in [0.1, 0.15) is 115 Å². The first kappa shape index (κ1) is 19.3. The van der Waals surface area contributed by atoms with Crippen molar-refractivity contribution in [2.24, 2.45) is 0 Å². The van der Waals surface area contributed by atoms with Crippen molar-refractivity contribution in [2.75, 3.05) is 0 Å². The smallest absolute Gasteiger partial charge is 0.109 e. The number of unbranched alkanes of at least 4 members (excludes halogenated alkanes) is 10. The molecular formula is C20H38N2. The normalized spacial score (nSPS) is 12.6. The second-order valence-electron chi connectivity index (χ2n) is 6.78. The zero-order chi connectivity index (χ0) is 15.9. The fraction of sp³-hybridized carbons (Fsp3) is 0.850. The Labute approximate surface area is 138 Å². The van der Waals surface area contributed by atoms with Gasteiger partial charge in [0.2, 0.25) is 0 Å². The first-order valence-electron chi connectivity index (χ1n) is 9.87. The van der Waals surface area contributed by atoms with Crippen molar-refractivity contribution >= 4 is 0 Å². The molecule has 2 heteroatoms. The minimum atomic E-state index is 0.660. The number of imidazole rings is 1. The Morgan fingerprint density at radius 3 is 1.73 bits per heavy atom. The van der Waals surface area contributed by atoms with E-state index in [-0.39, 0.29) is 0 Å². The molecule has 1 aromatic rings. The van der Waals surface area contributed by atoms with Crippen LogP contribution in [0.15, 0.2) is 12.4 Å². The lowest BCUT2D eigenvalue weighted by molar-refractivity contribution is 0.474. The molecule has 1 rings (SSSR count). The molecule has 0 aliphatic carbocycles. The summed E-state index contributed by atoms with van der Waals surface area (Å²) in [4.78, 5) is 7.86. The second kappa shape index (κ2) is 13.8. The quantitative estimate of drug-likeness (QED) is 0.347. The van der Waals surface area contributed by atoms with E-state index in [1.807, 2.05) is 12.4 Å². The van der Waals surface area contributed by atoms with E-state index in [1.54, 1.807) is 0 Å². The van der Waals surface area contributed by atoms with E-state index in [9.17, 15) is 0 Å². The van der Waals surface area contributed by atoms with Gasteiger partial charge in [0.05, 0.1) is 0 Å². The number of aromatic amines is 1. The predicted molar refractivity (Wildman–Crippen MR) is 97.3 cm³/mol. The van der Waals surface area contributed by atoms with Crippen LogP contribution in [0.2, 0.25) is 0 Å². The summed E-state index contributed by atoms with van der Waals surface area (Å²) >= 11 is 0. The van der Waals surface area contributed by atoms with E-state index in [2.05, 4.69) is 23.8 Å². The van der Waals surface area contributed by atoms with E-state index in [1.165, 1.54) is 95.7 Å². The molecule has 0 bridgehead atoms. The van der Waals surface area contributed by atoms with E-state index in [0.29, 0.717) is 5.92 Å². The third-order valence-electron chi connectivity index (χ3n) is 4.72. The summed E-state index contributed by atoms with van der Waals surface area (Å²) in [6.07, 6.45) is 23.2. The number of aromatic nitrogens is 2. The maximum Gasteiger partial charge on any atom is 0.109 e. The molecule has 22 heavy (non-hydrogen) atoms. The van der Waals surface area contributed by atoms with Crippen molar-refractivity contribution < 1.29 is 0 Å². The maximum atomic E-state index is 4.52. The molecule has 2 nitrogen and oxygen atoms in total. The standard InChI is InChI=1S/C20H38N2/c1-3-5-7-9-10-12-14-16-19(20-21-17-18-22-20)15-13-11-8-6-4-2/h17-19H,3-16H2,1-2H3,(H,21,22). The zero-order valence-corrected chi connectivity index (χ0v) is 15.1. The fourth-order valence-electron chi connectivity index (χ4n) is 3.26. The Kier molecular flexibility index (Phi) is 12.1. The van der Waals surface area contributed by atoms with Gasteiger partial charge in [0.25, 0.3) is 0 Å². The number of nitrogens with one attached hydrogen (secondary N) is 1. The molecule has 0 spiro atoms. The van der Waals surface area contributed by atoms with Crippen LogP contribution in [-0.4, -0.2) is 9.97 Å². The molecule has 1 unspecified atom stereocenters. The van der Waals surface area contributed by atoms with Gasteiger partial charge in [0.1, 0.15) is 5.82 Å². The van der Waals surface area contributed by atoms with Crippen LogP contribution in [0.25, 0.3) is 0 Å². The average Bonchev–Trinajstić information content (AvgIpc) is 3.06. The van der Waals surface area contributed by atoms with Crippen molar-refractivity contribution in [3.05, 3.63) is 18.2 Å². The monoisotopic (exact) mass is 306 g/mol. The summed E-state index contributed by atoms with van der Waals surface area (Å²) in [5.74, 6) is 1.88. The fourth-order valence-corrected chi connectivity index (χ4v) is 3.26. The molecule has 0 saturated heterocycles. The van der Waals surface area contributed by atoms with Gasteiger partial charge in [-0.3, -0.25) is 0 Å². The van der Waals surface area contributed by atoms with Gasteiger partial charge in [0, 0.05) is 18.3 Å². The molecule has 0 aliphatic rings. The van der Waals surface area contributed by atoms with Gasteiger partial charge in [-0.2, -0.15) is 0 Å². The summed E-state index contributed by atoms with van der Waals surface area (Å²) in [5, 5.41) is 0. The Morgan fingerprint density at radius 1 is 0.773 bits per heavy atom. The van der Waals surface area contributed by atoms with Crippen LogP contribution in [0.5, 0.6) is 0 Å². The van der Waals surface area contributed by atoms with Crippen LogP contribution in [-0.2, 0) is 0 Å². The highest BCUT2D eigenvalue weighted by atomic mass is 14.9. The molecule has 0 aromatic carbocycles. The van der Waals surface area contributed by atoms with Gasteiger partial charge < -0.3 is 4.98 Å². The lowest BCUT2D eigenvalue weighted by Crippen LogP contribution is -2.02. The molecular weight excluding hydrogens is 268 g/mol. The van der Waals surface area contributed by atoms with E-state index >= 15 is 0 Å². The predicted octanol–water partition coefficient (Wildman–Crippen LogP) is 6.99. The Balaban J connectivity index is 2.16. The summed E-state index contributed by atoms with van der Waals surface area (Å²) in [6.45, 7) is 4.57. The Bertz CT molecular complexity index is 318. The SMILES string of the molecule is CCCCCCCCCC(CCCCCCC)c1ncc[nH]1. The van der Waals surface area contributed by atoms with Crippen molar-refractivity contribution in [2.45, 2.75) is 110 Å². The molecule has 1 N–H and O–H groups in total. The minimum Gasteiger partial charge on any atom is -0.348 e. The first-order chi connectivity index (χ1) is 10.9. The van der Waals surface area contributed by atoms with Gasteiger partial charge in [-0.15, -0.1) is 0 Å². The van der Waals surface area contributed by atoms with Crippen molar-refractivity contribution in [3.63, 3.8) is 0 Å². The summed E-state index contributed by atoms with van der Waals surface area (Å²) < 4.78 is 0. The van der Waals surface area contributed by atoms with Gasteiger partial charge in [-0.25, -0.2) is 4.98 Å².